The first-order valence-electron chi connectivity index (χ1n) is 34.5. The standard InChI is InChI=1S/C90H90B2N2/c1-85(2,3)63-49-69(87(7,8)9)81(70(50-63)88(10,11)12)91-73-53-80-74(54-79(73)93-77-41-39-59(55-31-23-19-24-32-55)43-65(77)67-45-61(47-75(91)83(67)93)57-35-27-21-28-36-57)92(82-71(89(13,14)15)51-64(86(4,5)6)52-72(82)90(16,17)18)76-48-62(58-37-29-22-30-38-58)46-68-66-44-60(56-33-25-20-26-34-56)40-42-78(66)94(80)84(68)76/h19-54H,1-18H3. The van der Waals surface area contributed by atoms with Gasteiger partial charge in [-0.1, -0.05) is 305 Å². The van der Waals surface area contributed by atoms with E-state index in [-0.39, 0.29) is 45.9 Å². The van der Waals surface area contributed by atoms with Gasteiger partial charge in [0.25, 0.3) is 0 Å². The zero-order valence-electron chi connectivity index (χ0n) is 58.8. The lowest BCUT2D eigenvalue weighted by molar-refractivity contribution is 0.552. The molecule has 15 rings (SSSR count). The normalized spacial score (nSPS) is 13.6. The molecule has 0 saturated heterocycles. The highest BCUT2D eigenvalue weighted by atomic mass is 15.0. The highest BCUT2D eigenvalue weighted by Gasteiger charge is 2.46. The Balaban J connectivity index is 1.19. The van der Waals surface area contributed by atoms with E-state index in [0.717, 1.165) is 0 Å². The summed E-state index contributed by atoms with van der Waals surface area (Å²) in [7, 11) is 0. The molecule has 0 radical (unpaired) electrons. The van der Waals surface area contributed by atoms with Gasteiger partial charge in [-0.25, -0.2) is 0 Å². The Bertz CT molecular complexity index is 4810. The van der Waals surface area contributed by atoms with Crippen LogP contribution in [0.2, 0.25) is 0 Å². The molecule has 4 heteroatoms. The zero-order valence-corrected chi connectivity index (χ0v) is 58.8. The molecule has 466 valence electrons. The van der Waals surface area contributed by atoms with E-state index in [4.69, 9.17) is 0 Å². The first-order chi connectivity index (χ1) is 44.4. The van der Waals surface area contributed by atoms with Crippen LogP contribution in [-0.2, 0) is 32.5 Å². The van der Waals surface area contributed by atoms with E-state index in [9.17, 15) is 0 Å². The summed E-state index contributed by atoms with van der Waals surface area (Å²) < 4.78 is 5.46. The maximum Gasteiger partial charge on any atom is 0.247 e. The molecule has 94 heavy (non-hydrogen) atoms. The van der Waals surface area contributed by atoms with Crippen molar-refractivity contribution in [2.24, 2.45) is 0 Å². The Labute approximate surface area is 560 Å². The Morgan fingerprint density at radius 3 is 0.787 bits per heavy atom. The topological polar surface area (TPSA) is 9.86 Å². The fraction of sp³-hybridized carbons (Fsp3) is 0.267. The predicted molar refractivity (Wildman–Crippen MR) is 411 cm³/mol. The predicted octanol–water partition coefficient (Wildman–Crippen LogP) is 20.0. The van der Waals surface area contributed by atoms with Crippen molar-refractivity contribution in [2.75, 3.05) is 0 Å². The van der Waals surface area contributed by atoms with Crippen LogP contribution in [0.25, 0.3) is 99.5 Å². The van der Waals surface area contributed by atoms with Gasteiger partial charge >= 0.3 is 0 Å². The van der Waals surface area contributed by atoms with Crippen LogP contribution in [0.4, 0.5) is 0 Å². The Kier molecular flexibility index (Phi) is 13.9. The van der Waals surface area contributed by atoms with E-state index in [0.29, 0.717) is 0 Å². The SMILES string of the molecule is CC(C)(C)c1cc(C(C)(C)C)c(B2c3cc4c(cc3-n3c5ccc(-c6ccccc6)cc5c5cc(-c6ccccc6)cc2c53)B(c2c(C(C)(C)C)cc(C(C)(C)C)cc2C(C)(C)C)c2cc(-c3ccccc3)cc3c5cc(-c6ccccc6)ccc5n-4c23)c(C(C)(C)C)c1. The molecule has 0 atom stereocenters. The summed E-state index contributed by atoms with van der Waals surface area (Å²) in [6.45, 7) is 43.6. The van der Waals surface area contributed by atoms with E-state index in [2.05, 4.69) is 352 Å². The summed E-state index contributed by atoms with van der Waals surface area (Å²) in [5.74, 6) is 0. The Morgan fingerprint density at radius 2 is 0.511 bits per heavy atom. The molecule has 0 saturated carbocycles. The van der Waals surface area contributed by atoms with E-state index in [1.807, 2.05) is 0 Å². The molecule has 0 spiro atoms. The fourth-order valence-electron chi connectivity index (χ4n) is 16.2. The minimum Gasteiger partial charge on any atom is -0.310 e. The van der Waals surface area contributed by atoms with Gasteiger partial charge in [0, 0.05) is 44.0 Å². The monoisotopic (exact) mass is 1220 g/mol. The molecule has 0 fully saturated rings. The third-order valence-electron chi connectivity index (χ3n) is 21.0. The van der Waals surface area contributed by atoms with Crippen LogP contribution >= 0.6 is 0 Å². The maximum atomic E-state index is 2.74. The van der Waals surface area contributed by atoms with Gasteiger partial charge in [0.15, 0.2) is 0 Å². The average Bonchev–Trinajstić information content (AvgIpc) is 1.40. The minimum atomic E-state index is -0.221. The molecule has 4 heterocycles. The summed E-state index contributed by atoms with van der Waals surface area (Å²) in [6.07, 6.45) is 0. The molecule has 0 aliphatic carbocycles. The third kappa shape index (κ3) is 9.98. The molecular weight excluding hydrogens is 1130 g/mol. The summed E-state index contributed by atoms with van der Waals surface area (Å²) in [5, 5.41) is 5.09. The van der Waals surface area contributed by atoms with Gasteiger partial charge < -0.3 is 9.13 Å². The fourth-order valence-corrected chi connectivity index (χ4v) is 16.2. The van der Waals surface area contributed by atoms with Gasteiger partial charge in [0.1, 0.15) is 0 Å². The summed E-state index contributed by atoms with van der Waals surface area (Å²) in [5.41, 5.74) is 32.9. The minimum absolute atomic E-state index is 0.0850. The Morgan fingerprint density at radius 1 is 0.234 bits per heavy atom. The highest BCUT2D eigenvalue weighted by Crippen LogP contribution is 2.45. The summed E-state index contributed by atoms with van der Waals surface area (Å²) in [4.78, 5) is 0. The van der Waals surface area contributed by atoms with Crippen molar-refractivity contribution in [3.63, 3.8) is 0 Å². The van der Waals surface area contributed by atoms with Gasteiger partial charge in [-0.3, -0.25) is 0 Å². The molecule has 2 nitrogen and oxygen atoms in total. The second-order valence-electron chi connectivity index (χ2n) is 33.8. The molecule has 13 aromatic rings. The van der Waals surface area contributed by atoms with Gasteiger partial charge in [0.05, 0.1) is 11.0 Å². The molecule has 0 amide bonds. The third-order valence-corrected chi connectivity index (χ3v) is 21.0. The van der Waals surface area contributed by atoms with Crippen LogP contribution < -0.4 is 32.8 Å². The van der Waals surface area contributed by atoms with Crippen LogP contribution in [0.3, 0.4) is 0 Å². The first kappa shape index (κ1) is 61.3. The molecular formula is C90H90B2N2. The number of benzene rings is 11. The van der Waals surface area contributed by atoms with Crippen LogP contribution in [-0.4, -0.2) is 22.6 Å². The van der Waals surface area contributed by atoms with Gasteiger partial charge in [-0.2, -0.15) is 0 Å². The molecule has 2 aliphatic rings. The molecule has 2 aliphatic heterocycles. The molecule has 0 N–H and O–H groups in total. The largest absolute Gasteiger partial charge is 0.310 e. The van der Waals surface area contributed by atoms with Crippen LogP contribution in [0.1, 0.15) is 158 Å². The van der Waals surface area contributed by atoms with Crippen molar-refractivity contribution in [2.45, 2.75) is 157 Å². The number of hydrogen-bond acceptors (Lipinski definition) is 0. The van der Waals surface area contributed by atoms with Gasteiger partial charge in [0.2, 0.25) is 13.4 Å². The number of hydrogen-bond donors (Lipinski definition) is 0. The second-order valence-corrected chi connectivity index (χ2v) is 33.8. The number of aromatic nitrogens is 2. The lowest BCUT2D eigenvalue weighted by Gasteiger charge is -2.40. The molecule has 11 aromatic carbocycles. The van der Waals surface area contributed by atoms with E-state index >= 15 is 0 Å². The molecule has 2 aromatic heterocycles. The maximum absolute atomic E-state index is 2.74. The Hall–Kier alpha value is -8.85. The van der Waals surface area contributed by atoms with Crippen molar-refractivity contribution < 1.29 is 0 Å². The van der Waals surface area contributed by atoms with Crippen molar-refractivity contribution in [1.29, 1.82) is 0 Å². The van der Waals surface area contributed by atoms with E-state index in [1.165, 1.54) is 166 Å². The van der Waals surface area contributed by atoms with Crippen molar-refractivity contribution >= 4 is 89.8 Å². The molecule has 0 unspecified atom stereocenters. The highest BCUT2D eigenvalue weighted by molar-refractivity contribution is 7.00. The van der Waals surface area contributed by atoms with E-state index in [1.54, 1.807) is 0 Å². The number of nitrogens with zero attached hydrogens (tertiary/aromatic N) is 2. The number of rotatable bonds is 6. The van der Waals surface area contributed by atoms with Crippen molar-refractivity contribution in [1.82, 2.24) is 9.13 Å². The van der Waals surface area contributed by atoms with Crippen LogP contribution in [0.15, 0.2) is 218 Å². The van der Waals surface area contributed by atoms with Gasteiger partial charge in [-0.15, -0.1) is 0 Å². The quantitative estimate of drug-likeness (QED) is 0.147. The van der Waals surface area contributed by atoms with Crippen LogP contribution in [0, 0.1) is 0 Å². The average molecular weight is 1220 g/mol. The first-order valence-corrected chi connectivity index (χ1v) is 34.5. The smallest absolute Gasteiger partial charge is 0.247 e. The summed E-state index contributed by atoms with van der Waals surface area (Å²) in [6, 6.07) is 85.2. The lowest BCUT2D eigenvalue weighted by Crippen LogP contribution is -2.63. The van der Waals surface area contributed by atoms with Crippen LogP contribution in [0.5, 0.6) is 0 Å². The summed E-state index contributed by atoms with van der Waals surface area (Å²) >= 11 is 0. The van der Waals surface area contributed by atoms with Crippen molar-refractivity contribution in [3.8, 4) is 55.9 Å². The van der Waals surface area contributed by atoms with Gasteiger partial charge in [-0.05, 0) is 181 Å². The zero-order chi connectivity index (χ0) is 66.1. The van der Waals surface area contributed by atoms with Crippen molar-refractivity contribution in [3.05, 3.63) is 252 Å². The molecule has 0 bridgehead atoms. The van der Waals surface area contributed by atoms with E-state index < -0.39 is 0 Å². The number of fused-ring (bicyclic) bond motifs is 10. The second kappa shape index (κ2) is 21.3. The lowest BCUT2D eigenvalue weighted by atomic mass is 9.30.